The molecule has 122 valence electrons. The Bertz CT molecular complexity index is 885. The van der Waals surface area contributed by atoms with E-state index in [0.29, 0.717) is 0 Å². The zero-order chi connectivity index (χ0) is 17.5. The van der Waals surface area contributed by atoms with Gasteiger partial charge in [-0.05, 0) is 18.2 Å². The van der Waals surface area contributed by atoms with Crippen molar-refractivity contribution in [2.24, 2.45) is 0 Å². The van der Waals surface area contributed by atoms with Crippen LogP contribution < -0.4 is 0 Å². The minimum Gasteiger partial charge on any atom is -0.492 e. The van der Waals surface area contributed by atoms with Crippen LogP contribution in [0.5, 0.6) is 0 Å². The maximum Gasteiger partial charge on any atom is 0.417 e. The molecule has 0 N–H and O–H groups in total. The van der Waals surface area contributed by atoms with Crippen molar-refractivity contribution in [2.75, 3.05) is 7.11 Å². The van der Waals surface area contributed by atoms with Gasteiger partial charge >= 0.3 is 6.18 Å². The number of ether oxygens (including phenoxy) is 1. The number of rotatable bonds is 2. The fourth-order valence-corrected chi connectivity index (χ4v) is 2.47. The number of methoxy groups -OCH3 is 1. The largest absolute Gasteiger partial charge is 0.492 e. The van der Waals surface area contributed by atoms with Crippen molar-refractivity contribution in [1.82, 2.24) is 4.98 Å². The average molecular weight is 333 g/mol. The standard InChI is InChI=1S/C17H10F3NO3/c1-24-14-8-13(22)15-10(16(14)23)6-7-12(21-15)9-4-2-3-5-11(9)17(18,19)20/h2-8H,1H3. The summed E-state index contributed by atoms with van der Waals surface area (Å²) in [5, 5.41) is 0. The van der Waals surface area contributed by atoms with Crippen LogP contribution in [0.4, 0.5) is 13.2 Å². The molecule has 2 aromatic rings. The number of halogens is 3. The Kier molecular flexibility index (Phi) is 3.71. The minimum atomic E-state index is -4.56. The second kappa shape index (κ2) is 5.59. The van der Waals surface area contributed by atoms with Gasteiger partial charge in [0.25, 0.3) is 0 Å². The summed E-state index contributed by atoms with van der Waals surface area (Å²) >= 11 is 0. The third kappa shape index (κ3) is 2.58. The molecule has 0 spiro atoms. The first-order valence-corrected chi connectivity index (χ1v) is 6.85. The Morgan fingerprint density at radius 3 is 2.38 bits per heavy atom. The van der Waals surface area contributed by atoms with Crippen LogP contribution in [-0.4, -0.2) is 23.7 Å². The fraction of sp³-hybridized carbons (Fsp3) is 0.118. The highest BCUT2D eigenvalue weighted by Gasteiger charge is 2.34. The number of alkyl halides is 3. The first-order chi connectivity index (χ1) is 11.3. The second-order valence-electron chi connectivity index (χ2n) is 5.04. The lowest BCUT2D eigenvalue weighted by molar-refractivity contribution is -0.137. The number of hydrogen-bond acceptors (Lipinski definition) is 4. The fourth-order valence-electron chi connectivity index (χ4n) is 2.47. The second-order valence-corrected chi connectivity index (χ2v) is 5.04. The van der Waals surface area contributed by atoms with Crippen LogP contribution in [0, 0.1) is 0 Å². The number of aromatic nitrogens is 1. The van der Waals surface area contributed by atoms with Crippen molar-refractivity contribution in [3.63, 3.8) is 0 Å². The molecule has 0 saturated carbocycles. The lowest BCUT2D eigenvalue weighted by Crippen LogP contribution is -2.20. The van der Waals surface area contributed by atoms with E-state index in [0.717, 1.165) is 12.1 Å². The Labute approximate surface area is 134 Å². The van der Waals surface area contributed by atoms with Crippen LogP contribution in [0.3, 0.4) is 0 Å². The van der Waals surface area contributed by atoms with Gasteiger partial charge in [0.15, 0.2) is 5.76 Å². The Balaban J connectivity index is 2.16. The van der Waals surface area contributed by atoms with E-state index in [1.807, 2.05) is 0 Å². The maximum absolute atomic E-state index is 13.1. The number of pyridine rings is 1. The Morgan fingerprint density at radius 2 is 1.71 bits per heavy atom. The minimum absolute atomic E-state index is 0.00703. The van der Waals surface area contributed by atoms with E-state index < -0.39 is 23.3 Å². The molecule has 0 saturated heterocycles. The van der Waals surface area contributed by atoms with Crippen molar-refractivity contribution >= 4 is 11.6 Å². The number of carbonyl (C=O) groups excluding carboxylic acids is 2. The molecule has 4 nitrogen and oxygen atoms in total. The summed E-state index contributed by atoms with van der Waals surface area (Å²) in [6.07, 6.45) is -3.58. The summed E-state index contributed by atoms with van der Waals surface area (Å²) in [6.45, 7) is 0. The summed E-state index contributed by atoms with van der Waals surface area (Å²) < 4.78 is 44.2. The summed E-state index contributed by atoms with van der Waals surface area (Å²) in [4.78, 5) is 28.2. The van der Waals surface area contributed by atoms with E-state index in [2.05, 4.69) is 4.98 Å². The molecule has 1 aromatic heterocycles. The summed E-state index contributed by atoms with van der Waals surface area (Å²) in [7, 11) is 1.25. The van der Waals surface area contributed by atoms with Crippen LogP contribution in [0.15, 0.2) is 48.2 Å². The highest BCUT2D eigenvalue weighted by Crippen LogP contribution is 2.36. The quantitative estimate of drug-likeness (QED) is 0.841. The number of hydrogen-bond donors (Lipinski definition) is 0. The molecule has 24 heavy (non-hydrogen) atoms. The molecule has 0 amide bonds. The third-order valence-corrected chi connectivity index (χ3v) is 3.59. The third-order valence-electron chi connectivity index (χ3n) is 3.59. The maximum atomic E-state index is 13.1. The van der Waals surface area contributed by atoms with Crippen LogP contribution in [-0.2, 0) is 10.9 Å². The van der Waals surface area contributed by atoms with E-state index in [1.54, 1.807) is 0 Å². The van der Waals surface area contributed by atoms with Gasteiger partial charge in [0.2, 0.25) is 11.6 Å². The zero-order valence-electron chi connectivity index (χ0n) is 12.3. The highest BCUT2D eigenvalue weighted by molar-refractivity contribution is 6.23. The van der Waals surface area contributed by atoms with Crippen molar-refractivity contribution < 1.29 is 27.5 Å². The number of benzene rings is 1. The van der Waals surface area contributed by atoms with E-state index in [1.165, 1.54) is 37.4 Å². The molecule has 0 bridgehead atoms. The topological polar surface area (TPSA) is 56.3 Å². The van der Waals surface area contributed by atoms with Crippen molar-refractivity contribution in [3.05, 3.63) is 65.1 Å². The van der Waals surface area contributed by atoms with Gasteiger partial charge in [-0.15, -0.1) is 0 Å². The molecule has 1 aromatic carbocycles. The first-order valence-electron chi connectivity index (χ1n) is 6.85. The van der Waals surface area contributed by atoms with Gasteiger partial charge in [0.1, 0.15) is 5.69 Å². The molecule has 7 heteroatoms. The lowest BCUT2D eigenvalue weighted by Gasteiger charge is -2.16. The molecule has 1 aliphatic rings. The molecule has 0 aliphatic heterocycles. The van der Waals surface area contributed by atoms with Gasteiger partial charge in [-0.25, -0.2) is 4.98 Å². The van der Waals surface area contributed by atoms with E-state index >= 15 is 0 Å². The van der Waals surface area contributed by atoms with Gasteiger partial charge in [-0.2, -0.15) is 13.2 Å². The normalized spacial score (nSPS) is 14.2. The van der Waals surface area contributed by atoms with E-state index in [9.17, 15) is 22.8 Å². The van der Waals surface area contributed by atoms with Crippen LogP contribution >= 0.6 is 0 Å². The number of Topliss-reactive ketones (excluding diaryl/α,β-unsaturated/α-hetero) is 1. The van der Waals surface area contributed by atoms with Crippen molar-refractivity contribution in [2.45, 2.75) is 6.18 Å². The highest BCUT2D eigenvalue weighted by atomic mass is 19.4. The van der Waals surface area contributed by atoms with Crippen LogP contribution in [0.25, 0.3) is 11.3 Å². The first kappa shape index (κ1) is 15.9. The number of nitrogens with zero attached hydrogens (tertiary/aromatic N) is 1. The Hall–Kier alpha value is -2.96. The van der Waals surface area contributed by atoms with Crippen LogP contribution in [0.2, 0.25) is 0 Å². The van der Waals surface area contributed by atoms with Gasteiger partial charge in [0.05, 0.1) is 23.9 Å². The summed E-state index contributed by atoms with van der Waals surface area (Å²) in [6, 6.07) is 7.49. The predicted octanol–water partition coefficient (Wildman–Crippen LogP) is 3.68. The SMILES string of the molecule is COC1=CC(=O)c2nc(-c3ccccc3C(F)(F)F)ccc2C1=O. The van der Waals surface area contributed by atoms with Gasteiger partial charge in [-0.3, -0.25) is 9.59 Å². The molecular weight excluding hydrogens is 323 g/mol. The van der Waals surface area contributed by atoms with Crippen LogP contribution in [0.1, 0.15) is 26.4 Å². The molecule has 0 atom stereocenters. The molecule has 0 radical (unpaired) electrons. The van der Waals surface area contributed by atoms with Crippen molar-refractivity contribution in [3.8, 4) is 11.3 Å². The number of ketones is 2. The number of fused-ring (bicyclic) bond motifs is 1. The molecular formula is C17H10F3NO3. The number of carbonyl (C=O) groups is 2. The molecule has 3 rings (SSSR count). The van der Waals surface area contributed by atoms with Gasteiger partial charge < -0.3 is 4.74 Å². The van der Waals surface area contributed by atoms with Crippen molar-refractivity contribution in [1.29, 1.82) is 0 Å². The number of allylic oxidation sites excluding steroid dienone is 2. The van der Waals surface area contributed by atoms with E-state index in [-0.39, 0.29) is 28.3 Å². The Morgan fingerprint density at radius 1 is 1.00 bits per heavy atom. The predicted molar refractivity (Wildman–Crippen MR) is 78.4 cm³/mol. The monoisotopic (exact) mass is 333 g/mol. The van der Waals surface area contributed by atoms with E-state index in [4.69, 9.17) is 4.74 Å². The molecule has 1 aliphatic carbocycles. The molecule has 0 fully saturated rings. The molecule has 1 heterocycles. The van der Waals surface area contributed by atoms with Gasteiger partial charge in [0, 0.05) is 11.6 Å². The summed E-state index contributed by atoms with van der Waals surface area (Å²) in [5.41, 5.74) is -1.23. The smallest absolute Gasteiger partial charge is 0.417 e. The zero-order valence-corrected chi connectivity index (χ0v) is 12.3. The van der Waals surface area contributed by atoms with Gasteiger partial charge in [-0.1, -0.05) is 18.2 Å². The summed E-state index contributed by atoms with van der Waals surface area (Å²) in [5.74, 6) is -1.25. The average Bonchev–Trinajstić information content (AvgIpc) is 2.57. The molecule has 0 unspecified atom stereocenters. The lowest BCUT2D eigenvalue weighted by atomic mass is 9.96.